The molecule has 0 atom stereocenters. The fourth-order valence-electron chi connectivity index (χ4n) is 3.57. The highest BCUT2D eigenvalue weighted by Crippen LogP contribution is 2.29. The first-order valence-corrected chi connectivity index (χ1v) is 11.6. The van der Waals surface area contributed by atoms with Crippen molar-refractivity contribution >= 4 is 22.0 Å². The Bertz CT molecular complexity index is 901. The third-order valence-electron chi connectivity index (χ3n) is 5.34. The summed E-state index contributed by atoms with van der Waals surface area (Å²) in [6.07, 6.45) is 0. The molecule has 168 valence electrons. The molecule has 0 radical (unpaired) electrons. The lowest BCUT2D eigenvalue weighted by Crippen LogP contribution is -2.53. The number of nitrogens with zero attached hydrogens (tertiary/aromatic N) is 2. The Balaban J connectivity index is 2.01. The van der Waals surface area contributed by atoms with Gasteiger partial charge in [-0.2, -0.15) is 4.31 Å². The van der Waals surface area contributed by atoms with E-state index in [2.05, 4.69) is 10.6 Å². The van der Waals surface area contributed by atoms with Gasteiger partial charge in [0, 0.05) is 31.7 Å². The largest absolute Gasteiger partial charge is 0.333 e. The average molecular weight is 439 g/mol. The SMILES string of the molecule is Cc1cc(C)c(C)c(S(=O)(=O)N2CCN(CC(=O)NC(=O)NC(C)(C)C)CC2)c1C. The molecule has 9 heteroatoms. The molecule has 2 rings (SSSR count). The van der Waals surface area contributed by atoms with E-state index in [0.29, 0.717) is 31.1 Å². The van der Waals surface area contributed by atoms with Gasteiger partial charge in [0.25, 0.3) is 0 Å². The molecule has 3 amide bonds. The molecule has 0 aromatic heterocycles. The van der Waals surface area contributed by atoms with Crippen LogP contribution in [0.25, 0.3) is 0 Å². The molecule has 1 aromatic carbocycles. The highest BCUT2D eigenvalue weighted by molar-refractivity contribution is 7.89. The summed E-state index contributed by atoms with van der Waals surface area (Å²) in [6.45, 7) is 14.5. The number of imide groups is 1. The maximum atomic E-state index is 13.3. The van der Waals surface area contributed by atoms with Crippen molar-refractivity contribution in [1.82, 2.24) is 19.8 Å². The van der Waals surface area contributed by atoms with Gasteiger partial charge in [-0.05, 0) is 70.7 Å². The van der Waals surface area contributed by atoms with Crippen molar-refractivity contribution in [2.45, 2.75) is 58.9 Å². The highest BCUT2D eigenvalue weighted by Gasteiger charge is 2.32. The summed E-state index contributed by atoms with van der Waals surface area (Å²) < 4.78 is 28.1. The van der Waals surface area contributed by atoms with Crippen LogP contribution in [0.4, 0.5) is 4.79 Å². The van der Waals surface area contributed by atoms with E-state index in [1.54, 1.807) is 0 Å². The van der Waals surface area contributed by atoms with Crippen LogP contribution in [0, 0.1) is 27.7 Å². The van der Waals surface area contributed by atoms with Gasteiger partial charge in [-0.3, -0.25) is 15.0 Å². The lowest BCUT2D eigenvalue weighted by atomic mass is 10.0. The number of carbonyl (C=O) groups is 2. The fourth-order valence-corrected chi connectivity index (χ4v) is 5.56. The van der Waals surface area contributed by atoms with Crippen LogP contribution < -0.4 is 10.6 Å². The molecule has 0 aliphatic carbocycles. The Morgan fingerprint density at radius 1 is 0.967 bits per heavy atom. The molecule has 1 aliphatic rings. The zero-order valence-electron chi connectivity index (χ0n) is 19.0. The predicted molar refractivity (Wildman–Crippen MR) is 117 cm³/mol. The maximum Gasteiger partial charge on any atom is 0.321 e. The second-order valence-corrected chi connectivity index (χ2v) is 10.9. The summed E-state index contributed by atoms with van der Waals surface area (Å²) in [5.74, 6) is -0.408. The fraction of sp³-hybridized carbons (Fsp3) is 0.619. The molecule has 8 nitrogen and oxygen atoms in total. The molecule has 0 spiro atoms. The summed E-state index contributed by atoms with van der Waals surface area (Å²) >= 11 is 0. The van der Waals surface area contributed by atoms with Gasteiger partial charge < -0.3 is 5.32 Å². The number of piperazine rings is 1. The molecule has 0 bridgehead atoms. The number of urea groups is 1. The molecular formula is C21H34N4O4S. The summed E-state index contributed by atoms with van der Waals surface area (Å²) in [5.41, 5.74) is 3.05. The first-order chi connectivity index (χ1) is 13.7. The molecule has 1 aromatic rings. The van der Waals surface area contributed by atoms with E-state index < -0.39 is 27.5 Å². The van der Waals surface area contributed by atoms with Crippen LogP contribution in [-0.2, 0) is 14.8 Å². The Hall–Kier alpha value is -1.97. The van der Waals surface area contributed by atoms with Gasteiger partial charge in [-0.25, -0.2) is 13.2 Å². The van der Waals surface area contributed by atoms with Crippen LogP contribution in [0.15, 0.2) is 11.0 Å². The van der Waals surface area contributed by atoms with Crippen LogP contribution in [-0.4, -0.2) is 67.8 Å². The Morgan fingerprint density at radius 2 is 1.47 bits per heavy atom. The van der Waals surface area contributed by atoms with E-state index in [0.717, 1.165) is 22.3 Å². The molecule has 0 saturated carbocycles. The first-order valence-electron chi connectivity index (χ1n) is 10.1. The minimum absolute atomic E-state index is 0.0487. The number of rotatable bonds is 4. The van der Waals surface area contributed by atoms with Crippen molar-refractivity contribution in [3.05, 3.63) is 28.3 Å². The Kier molecular flexibility index (Phi) is 7.32. The zero-order chi connectivity index (χ0) is 22.9. The number of sulfonamides is 1. The molecule has 1 aliphatic heterocycles. The summed E-state index contributed by atoms with van der Waals surface area (Å²) in [5, 5.41) is 4.99. The van der Waals surface area contributed by atoms with Gasteiger partial charge >= 0.3 is 6.03 Å². The predicted octanol–water partition coefficient (Wildman–Crippen LogP) is 1.85. The smallest absolute Gasteiger partial charge is 0.321 e. The third-order valence-corrected chi connectivity index (χ3v) is 7.51. The lowest BCUT2D eigenvalue weighted by Gasteiger charge is -2.34. The van der Waals surface area contributed by atoms with Crippen LogP contribution >= 0.6 is 0 Å². The average Bonchev–Trinajstić information content (AvgIpc) is 2.58. The molecule has 1 saturated heterocycles. The zero-order valence-corrected chi connectivity index (χ0v) is 19.9. The van der Waals surface area contributed by atoms with Crippen molar-refractivity contribution in [3.63, 3.8) is 0 Å². The maximum absolute atomic E-state index is 13.3. The number of hydrogen-bond donors (Lipinski definition) is 2. The van der Waals surface area contributed by atoms with Crippen molar-refractivity contribution in [3.8, 4) is 0 Å². The second kappa shape index (κ2) is 9.03. The molecule has 0 unspecified atom stereocenters. The van der Waals surface area contributed by atoms with E-state index in [1.165, 1.54) is 4.31 Å². The lowest BCUT2D eigenvalue weighted by molar-refractivity contribution is -0.121. The number of aryl methyl sites for hydroxylation is 2. The normalized spacial score (nSPS) is 16.4. The molecule has 1 fully saturated rings. The van der Waals surface area contributed by atoms with Gasteiger partial charge in [0.1, 0.15) is 0 Å². The second-order valence-electron chi connectivity index (χ2n) is 9.02. The molecule has 30 heavy (non-hydrogen) atoms. The summed E-state index contributed by atoms with van der Waals surface area (Å²) in [7, 11) is -3.62. The topological polar surface area (TPSA) is 98.8 Å². The van der Waals surface area contributed by atoms with E-state index >= 15 is 0 Å². The molecule has 2 N–H and O–H groups in total. The first kappa shape index (κ1) is 24.3. The number of carbonyl (C=O) groups excluding carboxylic acids is 2. The number of benzene rings is 1. The number of amides is 3. The number of nitrogens with one attached hydrogen (secondary N) is 2. The third kappa shape index (κ3) is 5.80. The van der Waals surface area contributed by atoms with Crippen LogP contribution in [0.3, 0.4) is 0 Å². The van der Waals surface area contributed by atoms with Crippen molar-refractivity contribution < 1.29 is 18.0 Å². The van der Waals surface area contributed by atoms with Crippen molar-refractivity contribution in [2.75, 3.05) is 32.7 Å². The standard InChI is InChI=1S/C21H34N4O4S/c1-14-12-15(2)17(4)19(16(14)3)30(28,29)25-10-8-24(9-11-25)13-18(26)22-20(27)23-21(5,6)7/h12H,8-11,13H2,1-7H3,(H2,22,23,26,27). The van der Waals surface area contributed by atoms with Gasteiger partial charge in [0.15, 0.2) is 0 Å². The van der Waals surface area contributed by atoms with Gasteiger partial charge in [0.2, 0.25) is 15.9 Å². The monoisotopic (exact) mass is 438 g/mol. The van der Waals surface area contributed by atoms with Gasteiger partial charge in [-0.1, -0.05) is 6.07 Å². The van der Waals surface area contributed by atoms with Crippen LogP contribution in [0.1, 0.15) is 43.0 Å². The minimum atomic E-state index is -3.62. The Labute approximate surface area is 180 Å². The number of hydrogen-bond acceptors (Lipinski definition) is 5. The van der Waals surface area contributed by atoms with E-state index in [1.807, 2.05) is 59.4 Å². The Morgan fingerprint density at radius 3 is 1.93 bits per heavy atom. The quantitative estimate of drug-likeness (QED) is 0.748. The molecule has 1 heterocycles. The molecular weight excluding hydrogens is 404 g/mol. The van der Waals surface area contributed by atoms with Crippen molar-refractivity contribution in [2.24, 2.45) is 0 Å². The van der Waals surface area contributed by atoms with Gasteiger partial charge in [0.05, 0.1) is 11.4 Å². The summed E-state index contributed by atoms with van der Waals surface area (Å²) in [6, 6.07) is 1.48. The highest BCUT2D eigenvalue weighted by atomic mass is 32.2. The van der Waals surface area contributed by atoms with Crippen LogP contribution in [0.5, 0.6) is 0 Å². The van der Waals surface area contributed by atoms with Crippen LogP contribution in [0.2, 0.25) is 0 Å². The van der Waals surface area contributed by atoms with E-state index in [4.69, 9.17) is 0 Å². The minimum Gasteiger partial charge on any atom is -0.333 e. The van der Waals surface area contributed by atoms with E-state index in [9.17, 15) is 18.0 Å². The van der Waals surface area contributed by atoms with Crippen molar-refractivity contribution in [1.29, 1.82) is 0 Å². The van der Waals surface area contributed by atoms with E-state index in [-0.39, 0.29) is 6.54 Å². The van der Waals surface area contributed by atoms with Gasteiger partial charge in [-0.15, -0.1) is 0 Å². The summed E-state index contributed by atoms with van der Waals surface area (Å²) in [4.78, 5) is 26.2.